The highest BCUT2D eigenvalue weighted by atomic mass is 16.5. The summed E-state index contributed by atoms with van der Waals surface area (Å²) in [6.07, 6.45) is 2.12. The summed E-state index contributed by atoms with van der Waals surface area (Å²) in [7, 11) is 1.62. The van der Waals surface area contributed by atoms with Crippen molar-refractivity contribution >= 4 is 0 Å². The Morgan fingerprint density at radius 2 is 2.15 bits per heavy atom. The molecule has 0 saturated heterocycles. The molecule has 0 spiro atoms. The Morgan fingerprint density at radius 1 is 1.46 bits per heavy atom. The summed E-state index contributed by atoms with van der Waals surface area (Å²) in [6, 6.07) is -0.0122. The van der Waals surface area contributed by atoms with E-state index in [4.69, 9.17) is 20.3 Å². The predicted molar refractivity (Wildman–Crippen MR) is 49.4 cm³/mol. The van der Waals surface area contributed by atoms with Crippen molar-refractivity contribution in [2.75, 3.05) is 26.9 Å². The van der Waals surface area contributed by atoms with Crippen molar-refractivity contribution in [3.05, 3.63) is 0 Å². The minimum atomic E-state index is -0.220. The molecule has 4 nitrogen and oxygen atoms in total. The van der Waals surface area contributed by atoms with E-state index in [2.05, 4.69) is 0 Å². The van der Waals surface area contributed by atoms with E-state index in [-0.39, 0.29) is 18.8 Å². The smallest absolute Gasteiger partial charge is 0.0959 e. The van der Waals surface area contributed by atoms with Crippen LogP contribution in [0.5, 0.6) is 0 Å². The van der Waals surface area contributed by atoms with E-state index < -0.39 is 0 Å². The number of hydrogen-bond donors (Lipinski definition) is 2. The van der Waals surface area contributed by atoms with Gasteiger partial charge in [-0.1, -0.05) is 0 Å². The van der Waals surface area contributed by atoms with E-state index in [0.29, 0.717) is 19.1 Å². The zero-order valence-corrected chi connectivity index (χ0v) is 8.11. The third-order valence-corrected chi connectivity index (χ3v) is 2.39. The third kappa shape index (κ3) is 3.60. The van der Waals surface area contributed by atoms with Gasteiger partial charge in [-0.15, -0.1) is 0 Å². The number of aliphatic hydroxyl groups is 1. The highest BCUT2D eigenvalue weighted by molar-refractivity contribution is 4.89. The average Bonchev–Trinajstić information content (AvgIpc) is 2.94. The van der Waals surface area contributed by atoms with Crippen LogP contribution in [0.15, 0.2) is 0 Å². The molecule has 2 atom stereocenters. The van der Waals surface area contributed by atoms with Gasteiger partial charge in [0, 0.05) is 13.2 Å². The first-order valence-electron chi connectivity index (χ1n) is 4.76. The van der Waals surface area contributed by atoms with Gasteiger partial charge in [-0.05, 0) is 18.8 Å². The minimum absolute atomic E-state index is 0.00137. The molecule has 4 heteroatoms. The van der Waals surface area contributed by atoms with Gasteiger partial charge < -0.3 is 20.3 Å². The Bertz CT molecular complexity index is 139. The lowest BCUT2D eigenvalue weighted by atomic mass is 10.1. The number of methoxy groups -OCH3 is 1. The van der Waals surface area contributed by atoms with Gasteiger partial charge in [0.1, 0.15) is 0 Å². The van der Waals surface area contributed by atoms with E-state index in [1.807, 2.05) is 0 Å². The van der Waals surface area contributed by atoms with Gasteiger partial charge in [0.05, 0.1) is 25.9 Å². The Labute approximate surface area is 79.0 Å². The molecule has 3 N–H and O–H groups in total. The zero-order chi connectivity index (χ0) is 9.68. The molecule has 2 unspecified atom stereocenters. The number of aliphatic hydroxyl groups excluding tert-OH is 1. The Balaban J connectivity index is 2.16. The van der Waals surface area contributed by atoms with Gasteiger partial charge in [-0.2, -0.15) is 0 Å². The fraction of sp³-hybridized carbons (Fsp3) is 1.00. The molecule has 0 heterocycles. The van der Waals surface area contributed by atoms with Crippen LogP contribution in [0.3, 0.4) is 0 Å². The molecule has 1 aliphatic rings. The van der Waals surface area contributed by atoms with Crippen molar-refractivity contribution in [3.63, 3.8) is 0 Å². The summed E-state index contributed by atoms with van der Waals surface area (Å²) in [5.41, 5.74) is 5.89. The van der Waals surface area contributed by atoms with Crippen molar-refractivity contribution in [2.24, 2.45) is 11.7 Å². The Kier molecular flexibility index (Phi) is 4.66. The fourth-order valence-electron chi connectivity index (χ4n) is 1.35. The lowest BCUT2D eigenvalue weighted by Gasteiger charge is -2.21. The number of rotatable bonds is 7. The topological polar surface area (TPSA) is 64.7 Å². The first kappa shape index (κ1) is 10.9. The van der Waals surface area contributed by atoms with E-state index in [9.17, 15) is 0 Å². The Morgan fingerprint density at radius 3 is 2.62 bits per heavy atom. The van der Waals surface area contributed by atoms with E-state index >= 15 is 0 Å². The lowest BCUT2D eigenvalue weighted by molar-refractivity contribution is -0.0263. The minimum Gasteiger partial charge on any atom is -0.394 e. The molecule has 0 aromatic rings. The second kappa shape index (κ2) is 5.54. The Hall–Kier alpha value is -0.160. The van der Waals surface area contributed by atoms with Gasteiger partial charge in [0.2, 0.25) is 0 Å². The molecule has 0 aromatic heterocycles. The van der Waals surface area contributed by atoms with Gasteiger partial charge in [0.15, 0.2) is 0 Å². The molecule has 1 aliphatic carbocycles. The molecule has 13 heavy (non-hydrogen) atoms. The number of nitrogens with two attached hydrogens (primary N) is 1. The van der Waals surface area contributed by atoms with Crippen molar-refractivity contribution < 1.29 is 14.6 Å². The number of hydrogen-bond acceptors (Lipinski definition) is 4. The molecular formula is C9H19NO3. The van der Waals surface area contributed by atoms with Gasteiger partial charge in [-0.25, -0.2) is 0 Å². The van der Waals surface area contributed by atoms with Crippen LogP contribution in [-0.4, -0.2) is 44.2 Å². The third-order valence-electron chi connectivity index (χ3n) is 2.39. The molecule has 1 fully saturated rings. The largest absolute Gasteiger partial charge is 0.394 e. The van der Waals surface area contributed by atoms with E-state index in [1.165, 1.54) is 12.8 Å². The predicted octanol–water partition coefficient (Wildman–Crippen LogP) is -0.252. The summed E-state index contributed by atoms with van der Waals surface area (Å²) in [4.78, 5) is 0. The molecule has 78 valence electrons. The summed E-state index contributed by atoms with van der Waals surface area (Å²) >= 11 is 0. The maximum absolute atomic E-state index is 9.03. The fourth-order valence-corrected chi connectivity index (χ4v) is 1.35. The normalized spacial score (nSPS) is 21.5. The van der Waals surface area contributed by atoms with E-state index in [1.54, 1.807) is 7.11 Å². The second-order valence-electron chi connectivity index (χ2n) is 3.50. The highest BCUT2D eigenvalue weighted by Crippen LogP contribution is 2.33. The van der Waals surface area contributed by atoms with E-state index in [0.717, 1.165) is 0 Å². The van der Waals surface area contributed by atoms with Crippen LogP contribution in [0.1, 0.15) is 12.8 Å². The molecule has 0 radical (unpaired) electrons. The second-order valence-corrected chi connectivity index (χ2v) is 3.50. The van der Waals surface area contributed by atoms with Crippen LogP contribution in [0, 0.1) is 5.92 Å². The first-order chi connectivity index (χ1) is 6.29. The van der Waals surface area contributed by atoms with Crippen LogP contribution in [-0.2, 0) is 9.47 Å². The summed E-state index contributed by atoms with van der Waals surface area (Å²) in [6.45, 7) is 1.05. The zero-order valence-electron chi connectivity index (χ0n) is 8.11. The SMILES string of the molecule is COCCOC(CO)C(N)C1CC1. The van der Waals surface area contributed by atoms with Gasteiger partial charge >= 0.3 is 0 Å². The van der Waals surface area contributed by atoms with Crippen LogP contribution in [0.25, 0.3) is 0 Å². The molecule has 1 rings (SSSR count). The monoisotopic (exact) mass is 189 g/mol. The quantitative estimate of drug-likeness (QED) is 0.542. The lowest BCUT2D eigenvalue weighted by Crippen LogP contribution is -2.41. The molecule has 0 amide bonds. The highest BCUT2D eigenvalue weighted by Gasteiger charge is 2.34. The van der Waals surface area contributed by atoms with Crippen LogP contribution in [0.4, 0.5) is 0 Å². The van der Waals surface area contributed by atoms with Crippen LogP contribution >= 0.6 is 0 Å². The molecule has 0 aliphatic heterocycles. The average molecular weight is 189 g/mol. The molecule has 0 bridgehead atoms. The van der Waals surface area contributed by atoms with Crippen LogP contribution < -0.4 is 5.73 Å². The van der Waals surface area contributed by atoms with Gasteiger partial charge in [-0.3, -0.25) is 0 Å². The first-order valence-corrected chi connectivity index (χ1v) is 4.76. The summed E-state index contributed by atoms with van der Waals surface area (Å²) < 4.78 is 10.2. The molecular weight excluding hydrogens is 170 g/mol. The molecule has 0 aromatic carbocycles. The van der Waals surface area contributed by atoms with Crippen molar-refractivity contribution in [3.8, 4) is 0 Å². The summed E-state index contributed by atoms with van der Waals surface area (Å²) in [5, 5.41) is 9.03. The summed E-state index contributed by atoms with van der Waals surface area (Å²) in [5.74, 6) is 0.555. The maximum atomic E-state index is 9.03. The standard InChI is InChI=1S/C9H19NO3/c1-12-4-5-13-8(6-11)9(10)7-2-3-7/h7-9,11H,2-6,10H2,1H3. The van der Waals surface area contributed by atoms with Crippen molar-refractivity contribution in [1.82, 2.24) is 0 Å². The van der Waals surface area contributed by atoms with Crippen molar-refractivity contribution in [1.29, 1.82) is 0 Å². The van der Waals surface area contributed by atoms with Crippen molar-refractivity contribution in [2.45, 2.75) is 25.0 Å². The maximum Gasteiger partial charge on any atom is 0.0959 e. The number of ether oxygens (including phenoxy) is 2. The van der Waals surface area contributed by atoms with Crippen LogP contribution in [0.2, 0.25) is 0 Å². The molecule has 1 saturated carbocycles. The van der Waals surface area contributed by atoms with Gasteiger partial charge in [0.25, 0.3) is 0 Å².